The number of amides is 1. The first-order valence-electron chi connectivity index (χ1n) is 10.7. The smallest absolute Gasteiger partial charge is 0.204 e. The summed E-state index contributed by atoms with van der Waals surface area (Å²) in [5.74, 6) is 0.558. The van der Waals surface area contributed by atoms with Crippen molar-refractivity contribution < 1.29 is 15.0 Å². The lowest BCUT2D eigenvalue weighted by atomic mass is 10.1. The van der Waals surface area contributed by atoms with E-state index < -0.39 is 0 Å². The van der Waals surface area contributed by atoms with E-state index in [1.807, 2.05) is 49.9 Å². The lowest BCUT2D eigenvalue weighted by molar-refractivity contribution is -0.106. The van der Waals surface area contributed by atoms with E-state index >= 15 is 0 Å². The molecule has 0 unspecified atom stereocenters. The summed E-state index contributed by atoms with van der Waals surface area (Å²) in [4.78, 5) is 13.3. The number of aliphatic hydroxyl groups is 2. The van der Waals surface area contributed by atoms with Gasteiger partial charge in [-0.1, -0.05) is 13.0 Å². The van der Waals surface area contributed by atoms with Crippen LogP contribution >= 0.6 is 11.8 Å². The minimum atomic E-state index is -0.352. The molecule has 0 atom stereocenters. The Labute approximate surface area is 196 Å². The predicted molar refractivity (Wildman–Crippen MR) is 137 cm³/mol. The Bertz CT molecular complexity index is 715. The molecule has 1 aromatic rings. The van der Waals surface area contributed by atoms with E-state index in [4.69, 9.17) is 20.6 Å². The Kier molecular flexibility index (Phi) is 14.7. The minimum Gasteiger partial charge on any atom is -0.395 e. The third-order valence-electron chi connectivity index (χ3n) is 4.62. The topological polar surface area (TPSA) is 146 Å². The number of benzene rings is 1. The van der Waals surface area contributed by atoms with Crippen LogP contribution in [0.1, 0.15) is 45.6 Å². The quantitative estimate of drug-likeness (QED) is 0.175. The molecule has 1 aromatic carbocycles. The number of nitrogens with two attached hydrogens (primary N) is 2. The predicted octanol–water partition coefficient (Wildman–Crippen LogP) is 2.06. The van der Waals surface area contributed by atoms with Crippen molar-refractivity contribution in [2.75, 3.05) is 38.4 Å². The zero-order valence-corrected chi connectivity index (χ0v) is 20.8. The molecule has 9 heteroatoms. The Morgan fingerprint density at radius 2 is 1.84 bits per heavy atom. The molecule has 2 rings (SSSR count). The van der Waals surface area contributed by atoms with E-state index in [2.05, 4.69) is 35.6 Å². The molecule has 1 aliphatic rings. The highest BCUT2D eigenvalue weighted by atomic mass is 32.2. The van der Waals surface area contributed by atoms with Gasteiger partial charge < -0.3 is 32.3 Å². The van der Waals surface area contributed by atoms with Crippen molar-refractivity contribution in [3.8, 4) is 0 Å². The Morgan fingerprint density at radius 1 is 1.28 bits per heavy atom. The molecule has 0 aromatic heterocycles. The van der Waals surface area contributed by atoms with Crippen LogP contribution in [0.4, 0.5) is 5.69 Å². The first-order chi connectivity index (χ1) is 15.2. The average Bonchev–Trinajstić information content (AvgIpc) is 3.56. The molecule has 1 amide bonds. The molecule has 1 saturated carbocycles. The van der Waals surface area contributed by atoms with Gasteiger partial charge >= 0.3 is 0 Å². The van der Waals surface area contributed by atoms with Crippen LogP contribution in [0.3, 0.4) is 0 Å². The first-order valence-corrected chi connectivity index (χ1v) is 11.9. The molecule has 8 nitrogen and oxygen atoms in total. The minimum absolute atomic E-state index is 0.0697. The molecule has 32 heavy (non-hydrogen) atoms. The number of aliphatic imine (C=N–C) groups is 1. The van der Waals surface area contributed by atoms with Crippen LogP contribution in [0.5, 0.6) is 0 Å². The number of rotatable bonds is 10. The van der Waals surface area contributed by atoms with Gasteiger partial charge in [-0.25, -0.2) is 4.99 Å². The molecule has 0 saturated heterocycles. The molecular weight excluding hydrogens is 426 g/mol. The van der Waals surface area contributed by atoms with Gasteiger partial charge in [-0.05, 0) is 70.7 Å². The summed E-state index contributed by atoms with van der Waals surface area (Å²) in [5, 5.41) is 23.4. The number of anilines is 1. The summed E-state index contributed by atoms with van der Waals surface area (Å²) >= 11 is 1.87. The van der Waals surface area contributed by atoms with Crippen molar-refractivity contribution in [2.24, 2.45) is 16.5 Å². The monoisotopic (exact) mass is 467 g/mol. The van der Waals surface area contributed by atoms with Crippen molar-refractivity contribution in [3.63, 3.8) is 0 Å². The van der Waals surface area contributed by atoms with E-state index in [0.29, 0.717) is 12.4 Å². The van der Waals surface area contributed by atoms with Gasteiger partial charge in [0.05, 0.1) is 29.2 Å². The van der Waals surface area contributed by atoms with Gasteiger partial charge in [0.25, 0.3) is 0 Å². The third-order valence-corrected chi connectivity index (χ3v) is 6.02. The van der Waals surface area contributed by atoms with Crippen LogP contribution in [-0.4, -0.2) is 65.8 Å². The van der Waals surface area contributed by atoms with Gasteiger partial charge in [-0.3, -0.25) is 4.79 Å². The number of aliphatic hydroxyl groups excluding tert-OH is 2. The average molecular weight is 468 g/mol. The zero-order chi connectivity index (χ0) is 24.6. The third kappa shape index (κ3) is 11.0. The second kappa shape index (κ2) is 15.7. The maximum absolute atomic E-state index is 9.34. The summed E-state index contributed by atoms with van der Waals surface area (Å²) in [6.07, 6.45) is 7.90. The molecule has 1 aliphatic carbocycles. The SMILES string of the molecule is CC/C=C(\N=C(N)c1ccc(NC(C)(C)CO)cc1)C1(SC)CC1.CNCCO.NC=O. The fourth-order valence-corrected chi connectivity index (χ4v) is 3.51. The lowest BCUT2D eigenvalue weighted by Gasteiger charge is -2.25. The summed E-state index contributed by atoms with van der Waals surface area (Å²) < 4.78 is 0.174. The number of carbonyl (C=O) groups excluding carboxylic acids is 1. The number of hydrogen-bond donors (Lipinski definition) is 6. The highest BCUT2D eigenvalue weighted by Gasteiger charge is 2.45. The molecular formula is C23H41N5O3S. The van der Waals surface area contributed by atoms with E-state index in [0.717, 1.165) is 23.4 Å². The second-order valence-corrected chi connectivity index (χ2v) is 9.09. The lowest BCUT2D eigenvalue weighted by Crippen LogP contribution is -2.34. The van der Waals surface area contributed by atoms with Crippen LogP contribution in [0.15, 0.2) is 41.0 Å². The highest BCUT2D eigenvalue weighted by Crippen LogP contribution is 2.53. The van der Waals surface area contributed by atoms with Gasteiger partial charge in [0.2, 0.25) is 6.41 Å². The number of nitrogens with zero attached hydrogens (tertiary/aromatic N) is 1. The Morgan fingerprint density at radius 3 is 2.19 bits per heavy atom. The zero-order valence-electron chi connectivity index (χ0n) is 20.0. The summed E-state index contributed by atoms with van der Waals surface area (Å²) in [7, 11) is 1.80. The first kappa shape index (κ1) is 29.9. The molecule has 0 bridgehead atoms. The molecule has 0 heterocycles. The summed E-state index contributed by atoms with van der Waals surface area (Å²) in [6, 6.07) is 7.88. The molecule has 0 aliphatic heterocycles. The molecule has 0 spiro atoms. The van der Waals surface area contributed by atoms with Crippen LogP contribution in [-0.2, 0) is 4.79 Å². The summed E-state index contributed by atoms with van der Waals surface area (Å²) in [6.45, 7) is 7.04. The van der Waals surface area contributed by atoms with Gasteiger partial charge in [0.1, 0.15) is 5.84 Å². The fourth-order valence-electron chi connectivity index (χ4n) is 2.67. The van der Waals surface area contributed by atoms with E-state index in [1.54, 1.807) is 7.05 Å². The molecule has 0 radical (unpaired) electrons. The summed E-state index contributed by atoms with van der Waals surface area (Å²) in [5.41, 5.74) is 13.0. The number of nitrogens with one attached hydrogen (secondary N) is 2. The Hall–Kier alpha value is -2.07. The maximum Gasteiger partial charge on any atom is 0.204 e. The number of primary amides is 1. The van der Waals surface area contributed by atoms with E-state index in [9.17, 15) is 5.11 Å². The van der Waals surface area contributed by atoms with Gasteiger partial charge in [-0.2, -0.15) is 11.8 Å². The number of likely N-dealkylation sites (N-methyl/N-ethyl adjacent to an activating group) is 1. The van der Waals surface area contributed by atoms with Crippen LogP contribution < -0.4 is 22.1 Å². The number of thioether (sulfide) groups is 1. The normalized spacial score (nSPS) is 15.0. The highest BCUT2D eigenvalue weighted by molar-refractivity contribution is 8.00. The number of carbonyl (C=O) groups is 1. The van der Waals surface area contributed by atoms with Crippen LogP contribution in [0, 0.1) is 0 Å². The van der Waals surface area contributed by atoms with Gasteiger partial charge in [0.15, 0.2) is 0 Å². The van der Waals surface area contributed by atoms with Crippen molar-refractivity contribution >= 4 is 29.7 Å². The van der Waals surface area contributed by atoms with Crippen molar-refractivity contribution in [1.82, 2.24) is 5.32 Å². The van der Waals surface area contributed by atoms with Crippen molar-refractivity contribution in [3.05, 3.63) is 41.6 Å². The van der Waals surface area contributed by atoms with E-state index in [-0.39, 0.29) is 29.9 Å². The van der Waals surface area contributed by atoms with E-state index in [1.165, 1.54) is 12.8 Å². The molecule has 1 fully saturated rings. The second-order valence-electron chi connectivity index (χ2n) is 7.90. The van der Waals surface area contributed by atoms with Crippen LogP contribution in [0.2, 0.25) is 0 Å². The standard InChI is InChI=1S/C19H29N3OS.C3H9NO.CH3NO/c1-5-6-16(19(24-4)11-12-19)21-17(20)14-7-9-15(10-8-14)22-18(2,3)13-23;1-4-2-3-5;2-1-3/h6-10,22-23H,5,11-13H2,1-4H3,(H2,20,21);4-5H,2-3H2,1H3;1H,(H2,2,3)/b16-6-;;. The number of amidine groups is 1. The van der Waals surface area contributed by atoms with Crippen molar-refractivity contribution in [1.29, 1.82) is 0 Å². The maximum atomic E-state index is 9.34. The van der Waals surface area contributed by atoms with Gasteiger partial charge in [0, 0.05) is 17.8 Å². The number of allylic oxidation sites excluding steroid dienone is 1. The number of hydrogen-bond acceptors (Lipinski definition) is 7. The molecule has 8 N–H and O–H groups in total. The Balaban J connectivity index is 0.00000104. The largest absolute Gasteiger partial charge is 0.395 e. The molecule has 182 valence electrons. The van der Waals surface area contributed by atoms with Crippen LogP contribution in [0.25, 0.3) is 0 Å². The fraction of sp³-hybridized carbons (Fsp3) is 0.565. The van der Waals surface area contributed by atoms with Gasteiger partial charge in [-0.15, -0.1) is 0 Å². The van der Waals surface area contributed by atoms with Crippen molar-refractivity contribution in [2.45, 2.75) is 50.3 Å².